The van der Waals surface area contributed by atoms with Gasteiger partial charge in [0.1, 0.15) is 0 Å². The molecule has 1 unspecified atom stereocenters. The van der Waals surface area contributed by atoms with Gasteiger partial charge in [0.2, 0.25) is 5.91 Å². The molecular weight excluding hydrogens is 214 g/mol. The molecule has 0 saturated carbocycles. The predicted octanol–water partition coefficient (Wildman–Crippen LogP) is 1.03. The average Bonchev–Trinajstić information content (AvgIpc) is 2.39. The summed E-state index contributed by atoms with van der Waals surface area (Å²) < 4.78 is 0. The Labute approximate surface area is 102 Å². The van der Waals surface area contributed by atoms with E-state index in [9.17, 15) is 4.79 Å². The zero-order chi connectivity index (χ0) is 12.1. The van der Waals surface area contributed by atoms with Crippen LogP contribution >= 0.6 is 0 Å². The van der Waals surface area contributed by atoms with E-state index in [1.54, 1.807) is 0 Å². The lowest BCUT2D eigenvalue weighted by Gasteiger charge is -2.22. The van der Waals surface area contributed by atoms with E-state index in [1.807, 2.05) is 24.3 Å². The van der Waals surface area contributed by atoms with Gasteiger partial charge in [-0.25, -0.2) is 0 Å². The van der Waals surface area contributed by atoms with Gasteiger partial charge in [0, 0.05) is 12.2 Å². The van der Waals surface area contributed by atoms with Gasteiger partial charge in [0.15, 0.2) is 0 Å². The molecule has 92 valence electrons. The van der Waals surface area contributed by atoms with Gasteiger partial charge in [-0.1, -0.05) is 18.6 Å². The maximum atomic E-state index is 11.8. The number of amides is 1. The molecule has 0 aromatic heterocycles. The van der Waals surface area contributed by atoms with Crippen LogP contribution in [0.15, 0.2) is 24.3 Å². The summed E-state index contributed by atoms with van der Waals surface area (Å²) in [5.41, 5.74) is 7.42. The van der Waals surface area contributed by atoms with Crippen LogP contribution in [-0.2, 0) is 11.3 Å². The number of carbonyl (C=O) groups is 1. The van der Waals surface area contributed by atoms with Gasteiger partial charge in [0.05, 0.1) is 6.04 Å². The number of nitrogens with one attached hydrogen (secondary N) is 2. The third kappa shape index (κ3) is 3.46. The second-order valence-electron chi connectivity index (χ2n) is 4.46. The van der Waals surface area contributed by atoms with Crippen molar-refractivity contribution in [3.05, 3.63) is 29.8 Å². The van der Waals surface area contributed by atoms with E-state index >= 15 is 0 Å². The summed E-state index contributed by atoms with van der Waals surface area (Å²) in [5.74, 6) is 0.0986. The molecule has 1 atom stereocenters. The summed E-state index contributed by atoms with van der Waals surface area (Å²) in [6.45, 7) is 1.51. The molecule has 1 aromatic carbocycles. The molecule has 1 aliphatic rings. The molecule has 1 aliphatic heterocycles. The Morgan fingerprint density at radius 2 is 2.12 bits per heavy atom. The highest BCUT2D eigenvalue weighted by atomic mass is 16.2. The summed E-state index contributed by atoms with van der Waals surface area (Å²) >= 11 is 0. The highest BCUT2D eigenvalue weighted by molar-refractivity contribution is 5.81. The first-order chi connectivity index (χ1) is 8.25. The predicted molar refractivity (Wildman–Crippen MR) is 68.3 cm³/mol. The van der Waals surface area contributed by atoms with Crippen LogP contribution in [0.25, 0.3) is 0 Å². The van der Waals surface area contributed by atoms with E-state index in [2.05, 4.69) is 10.6 Å². The zero-order valence-corrected chi connectivity index (χ0v) is 9.91. The van der Waals surface area contributed by atoms with Gasteiger partial charge >= 0.3 is 0 Å². The molecule has 1 saturated heterocycles. The summed E-state index contributed by atoms with van der Waals surface area (Å²) in [7, 11) is 0. The molecule has 0 radical (unpaired) electrons. The molecule has 1 heterocycles. The number of piperidine rings is 1. The number of benzene rings is 1. The Bertz CT molecular complexity index is 369. The Morgan fingerprint density at radius 1 is 1.35 bits per heavy atom. The monoisotopic (exact) mass is 233 g/mol. The van der Waals surface area contributed by atoms with E-state index in [0.717, 1.165) is 30.6 Å². The highest BCUT2D eigenvalue weighted by Gasteiger charge is 2.19. The standard InChI is InChI=1S/C13H19N3O/c14-11-6-4-10(5-7-11)9-16-13(17)12-3-1-2-8-15-12/h4-7,12,15H,1-3,8-9,14H2,(H,16,17). The molecule has 2 rings (SSSR count). The van der Waals surface area contributed by atoms with E-state index in [-0.39, 0.29) is 11.9 Å². The summed E-state index contributed by atoms with van der Waals surface area (Å²) in [5, 5.41) is 6.18. The third-order valence-corrected chi connectivity index (χ3v) is 3.07. The number of anilines is 1. The number of carbonyl (C=O) groups excluding carboxylic acids is 1. The Balaban J connectivity index is 1.81. The molecule has 4 N–H and O–H groups in total. The minimum atomic E-state index is -0.0162. The number of hydrogen-bond donors (Lipinski definition) is 3. The fourth-order valence-corrected chi connectivity index (χ4v) is 2.02. The third-order valence-electron chi connectivity index (χ3n) is 3.07. The first-order valence-corrected chi connectivity index (χ1v) is 6.11. The summed E-state index contributed by atoms with van der Waals surface area (Å²) in [6, 6.07) is 7.55. The molecule has 0 aliphatic carbocycles. The lowest BCUT2D eigenvalue weighted by Crippen LogP contribution is -2.46. The maximum absolute atomic E-state index is 11.8. The van der Waals surface area contributed by atoms with Crippen LogP contribution in [0.2, 0.25) is 0 Å². The van der Waals surface area contributed by atoms with Crippen LogP contribution in [0, 0.1) is 0 Å². The van der Waals surface area contributed by atoms with Crippen molar-refractivity contribution in [2.75, 3.05) is 12.3 Å². The second-order valence-corrected chi connectivity index (χ2v) is 4.46. The zero-order valence-electron chi connectivity index (χ0n) is 9.91. The average molecular weight is 233 g/mol. The van der Waals surface area contributed by atoms with Gasteiger partial charge in [-0.05, 0) is 37.1 Å². The van der Waals surface area contributed by atoms with E-state index in [0.29, 0.717) is 6.54 Å². The van der Waals surface area contributed by atoms with Crippen molar-refractivity contribution in [1.29, 1.82) is 0 Å². The molecule has 1 fully saturated rings. The van der Waals surface area contributed by atoms with Crippen molar-refractivity contribution in [1.82, 2.24) is 10.6 Å². The highest BCUT2D eigenvalue weighted by Crippen LogP contribution is 2.08. The van der Waals surface area contributed by atoms with Crippen LogP contribution in [0.1, 0.15) is 24.8 Å². The molecule has 4 heteroatoms. The minimum absolute atomic E-state index is 0.0162. The van der Waals surface area contributed by atoms with Crippen LogP contribution in [0.5, 0.6) is 0 Å². The van der Waals surface area contributed by atoms with Crippen molar-refractivity contribution in [2.45, 2.75) is 31.8 Å². The Morgan fingerprint density at radius 3 is 2.76 bits per heavy atom. The second kappa shape index (κ2) is 5.68. The molecule has 0 spiro atoms. The van der Waals surface area contributed by atoms with Crippen LogP contribution in [-0.4, -0.2) is 18.5 Å². The van der Waals surface area contributed by atoms with Crippen LogP contribution < -0.4 is 16.4 Å². The lowest BCUT2D eigenvalue weighted by molar-refractivity contribution is -0.123. The van der Waals surface area contributed by atoms with Gasteiger partial charge in [-0.3, -0.25) is 4.79 Å². The quantitative estimate of drug-likeness (QED) is 0.683. The van der Waals surface area contributed by atoms with Gasteiger partial charge in [-0.2, -0.15) is 0 Å². The van der Waals surface area contributed by atoms with Crippen molar-refractivity contribution < 1.29 is 4.79 Å². The van der Waals surface area contributed by atoms with Gasteiger partial charge in [-0.15, -0.1) is 0 Å². The van der Waals surface area contributed by atoms with Crippen molar-refractivity contribution >= 4 is 11.6 Å². The smallest absolute Gasteiger partial charge is 0.237 e. The van der Waals surface area contributed by atoms with Crippen LogP contribution in [0.4, 0.5) is 5.69 Å². The molecule has 1 amide bonds. The fraction of sp³-hybridized carbons (Fsp3) is 0.462. The Hall–Kier alpha value is -1.55. The van der Waals surface area contributed by atoms with Crippen molar-refractivity contribution in [2.24, 2.45) is 0 Å². The normalized spacial score (nSPS) is 19.9. The maximum Gasteiger partial charge on any atom is 0.237 e. The molecular formula is C13H19N3O. The lowest BCUT2D eigenvalue weighted by atomic mass is 10.0. The van der Waals surface area contributed by atoms with Crippen LogP contribution in [0.3, 0.4) is 0 Å². The Kier molecular flexibility index (Phi) is 3.98. The van der Waals surface area contributed by atoms with E-state index in [1.165, 1.54) is 6.42 Å². The first-order valence-electron chi connectivity index (χ1n) is 6.11. The number of hydrogen-bond acceptors (Lipinski definition) is 3. The number of rotatable bonds is 3. The topological polar surface area (TPSA) is 67.1 Å². The van der Waals surface area contributed by atoms with Gasteiger partial charge < -0.3 is 16.4 Å². The number of nitrogen functional groups attached to an aromatic ring is 1. The van der Waals surface area contributed by atoms with E-state index < -0.39 is 0 Å². The molecule has 1 aromatic rings. The number of nitrogens with two attached hydrogens (primary N) is 1. The summed E-state index contributed by atoms with van der Waals surface area (Å²) in [6.07, 6.45) is 3.24. The molecule has 17 heavy (non-hydrogen) atoms. The molecule has 4 nitrogen and oxygen atoms in total. The molecule has 0 bridgehead atoms. The largest absolute Gasteiger partial charge is 0.399 e. The fourth-order valence-electron chi connectivity index (χ4n) is 2.02. The minimum Gasteiger partial charge on any atom is -0.399 e. The first kappa shape index (κ1) is 11.9. The van der Waals surface area contributed by atoms with E-state index in [4.69, 9.17) is 5.73 Å². The van der Waals surface area contributed by atoms with Crippen molar-refractivity contribution in [3.8, 4) is 0 Å². The van der Waals surface area contributed by atoms with Crippen molar-refractivity contribution in [3.63, 3.8) is 0 Å². The van der Waals surface area contributed by atoms with Gasteiger partial charge in [0.25, 0.3) is 0 Å². The SMILES string of the molecule is Nc1ccc(CNC(=O)C2CCCCN2)cc1. The summed E-state index contributed by atoms with van der Waals surface area (Å²) in [4.78, 5) is 11.8.